The molecule has 0 radical (unpaired) electrons. The van der Waals surface area contributed by atoms with Crippen molar-refractivity contribution in [3.8, 4) is 11.5 Å². The van der Waals surface area contributed by atoms with Crippen LogP contribution in [-0.2, 0) is 9.59 Å². The number of para-hydroxylation sites is 1. The average Bonchev–Trinajstić information content (AvgIpc) is 2.70. The van der Waals surface area contributed by atoms with Gasteiger partial charge in [0.05, 0.1) is 13.7 Å². The molecule has 0 aliphatic carbocycles. The second-order valence-electron chi connectivity index (χ2n) is 5.81. The monoisotopic (exact) mass is 419 g/mol. The summed E-state index contributed by atoms with van der Waals surface area (Å²) in [5, 5.41) is 4.87. The van der Waals surface area contributed by atoms with E-state index in [0.29, 0.717) is 5.69 Å². The number of benzene rings is 2. The summed E-state index contributed by atoms with van der Waals surface area (Å²) < 4.78 is 34.8. The van der Waals surface area contributed by atoms with Crippen LogP contribution in [0.2, 0.25) is 0 Å². The molecule has 0 aliphatic rings. The quantitative estimate of drug-likeness (QED) is 0.538. The molecule has 158 valence electrons. The third-order valence-electron chi connectivity index (χ3n) is 3.67. The Labute approximate surface area is 170 Å². The third-order valence-corrected chi connectivity index (χ3v) is 3.67. The number of alkyl halides is 2. The summed E-state index contributed by atoms with van der Waals surface area (Å²) in [4.78, 5) is 34.9. The normalized spacial score (nSPS) is 10.7. The van der Waals surface area contributed by atoms with E-state index in [0.717, 1.165) is 6.08 Å². The van der Waals surface area contributed by atoms with Gasteiger partial charge in [-0.05, 0) is 30.3 Å². The van der Waals surface area contributed by atoms with Crippen molar-refractivity contribution in [3.63, 3.8) is 0 Å². The number of carbonyl (C=O) groups is 3. The lowest BCUT2D eigenvalue weighted by Gasteiger charge is -2.12. The second kappa shape index (κ2) is 10.6. The van der Waals surface area contributed by atoms with Gasteiger partial charge >= 0.3 is 6.61 Å². The number of carbonyl (C=O) groups excluding carboxylic acids is 3. The highest BCUT2D eigenvalue weighted by Gasteiger charge is 2.14. The summed E-state index contributed by atoms with van der Waals surface area (Å²) in [7, 11) is 1.31. The number of nitrogens with two attached hydrogens (primary N) is 1. The van der Waals surface area contributed by atoms with E-state index in [2.05, 4.69) is 15.4 Å². The third kappa shape index (κ3) is 6.59. The van der Waals surface area contributed by atoms with Crippen LogP contribution in [0.4, 0.5) is 14.5 Å². The first-order valence-electron chi connectivity index (χ1n) is 8.57. The number of rotatable bonds is 9. The first-order chi connectivity index (χ1) is 14.3. The number of hydrogen-bond donors (Lipinski definition) is 3. The lowest BCUT2D eigenvalue weighted by Crippen LogP contribution is -2.33. The number of nitrogens with one attached hydrogen (secondary N) is 2. The van der Waals surface area contributed by atoms with Crippen molar-refractivity contribution in [3.05, 3.63) is 59.7 Å². The average molecular weight is 419 g/mol. The fourth-order valence-corrected chi connectivity index (χ4v) is 2.40. The highest BCUT2D eigenvalue weighted by atomic mass is 19.3. The van der Waals surface area contributed by atoms with Crippen molar-refractivity contribution < 1.29 is 32.6 Å². The fourth-order valence-electron chi connectivity index (χ4n) is 2.40. The molecule has 8 nitrogen and oxygen atoms in total. The van der Waals surface area contributed by atoms with Crippen LogP contribution in [0.1, 0.15) is 15.9 Å². The molecule has 30 heavy (non-hydrogen) atoms. The van der Waals surface area contributed by atoms with Crippen LogP contribution in [0.25, 0.3) is 6.08 Å². The number of amides is 3. The van der Waals surface area contributed by atoms with Gasteiger partial charge in [0.15, 0.2) is 11.5 Å². The number of methoxy groups -OCH3 is 1. The highest BCUT2D eigenvalue weighted by Crippen LogP contribution is 2.33. The Morgan fingerprint density at radius 2 is 1.90 bits per heavy atom. The van der Waals surface area contributed by atoms with Gasteiger partial charge < -0.3 is 25.8 Å². The molecule has 0 bridgehead atoms. The van der Waals surface area contributed by atoms with Gasteiger partial charge in [-0.25, -0.2) is 0 Å². The largest absolute Gasteiger partial charge is 0.493 e. The Hall–Kier alpha value is -3.95. The predicted octanol–water partition coefficient (Wildman–Crippen LogP) is 2.16. The minimum absolute atomic E-state index is 0.0903. The molecule has 10 heteroatoms. The van der Waals surface area contributed by atoms with E-state index in [1.165, 1.54) is 43.5 Å². The molecular weight excluding hydrogens is 400 g/mol. The molecule has 0 aromatic heterocycles. The SMILES string of the molecule is COc1cccc(/C=C/C(=O)Nc2cccc(C(=O)NCC(N)=O)c2)c1OC(F)F. The van der Waals surface area contributed by atoms with E-state index in [1.54, 1.807) is 12.1 Å². The first kappa shape index (κ1) is 22.3. The van der Waals surface area contributed by atoms with Gasteiger partial charge in [0.1, 0.15) is 0 Å². The number of primary amides is 1. The van der Waals surface area contributed by atoms with Gasteiger partial charge in [-0.1, -0.05) is 18.2 Å². The van der Waals surface area contributed by atoms with E-state index in [1.807, 2.05) is 0 Å². The Morgan fingerprint density at radius 1 is 1.17 bits per heavy atom. The zero-order valence-corrected chi connectivity index (χ0v) is 15.9. The smallest absolute Gasteiger partial charge is 0.387 e. The molecule has 0 aliphatic heterocycles. The van der Waals surface area contributed by atoms with Gasteiger partial charge in [0, 0.05) is 22.9 Å². The Bertz CT molecular complexity index is 963. The molecule has 2 aromatic rings. The number of hydrogen-bond acceptors (Lipinski definition) is 5. The first-order valence-corrected chi connectivity index (χ1v) is 8.57. The summed E-state index contributed by atoms with van der Waals surface area (Å²) in [6, 6.07) is 10.5. The van der Waals surface area contributed by atoms with E-state index >= 15 is 0 Å². The molecular formula is C20H19F2N3O5. The number of anilines is 1. The summed E-state index contributed by atoms with van der Waals surface area (Å²) in [5.41, 5.74) is 5.71. The predicted molar refractivity (Wildman–Crippen MR) is 105 cm³/mol. The van der Waals surface area contributed by atoms with Crippen molar-refractivity contribution in [2.75, 3.05) is 19.0 Å². The van der Waals surface area contributed by atoms with E-state index in [9.17, 15) is 23.2 Å². The highest BCUT2D eigenvalue weighted by molar-refractivity contribution is 6.03. The number of halogens is 2. The molecule has 2 rings (SSSR count). The van der Waals surface area contributed by atoms with Crippen LogP contribution < -0.4 is 25.8 Å². The maximum Gasteiger partial charge on any atom is 0.387 e. The van der Waals surface area contributed by atoms with Crippen LogP contribution in [0.15, 0.2) is 48.5 Å². The number of ether oxygens (including phenoxy) is 2. The standard InChI is InChI=1S/C20H19F2N3O5/c1-29-15-7-3-4-12(18(15)30-20(21)22)8-9-17(27)25-14-6-2-5-13(10-14)19(28)24-11-16(23)26/h2-10,20H,11H2,1H3,(H2,23,26)(H,24,28)(H,25,27)/b9-8+. The van der Waals surface area contributed by atoms with Crippen molar-refractivity contribution in [2.45, 2.75) is 6.61 Å². The van der Waals surface area contributed by atoms with E-state index < -0.39 is 24.3 Å². The Morgan fingerprint density at radius 3 is 2.57 bits per heavy atom. The molecule has 2 aromatic carbocycles. The van der Waals surface area contributed by atoms with E-state index in [-0.39, 0.29) is 29.2 Å². The minimum atomic E-state index is -3.06. The maximum atomic E-state index is 12.7. The van der Waals surface area contributed by atoms with E-state index in [4.69, 9.17) is 10.5 Å². The molecule has 0 spiro atoms. The fraction of sp³-hybridized carbons (Fsp3) is 0.150. The lowest BCUT2D eigenvalue weighted by atomic mass is 10.1. The molecule has 0 heterocycles. The van der Waals surface area contributed by atoms with Crippen LogP contribution in [0, 0.1) is 0 Å². The van der Waals surface area contributed by atoms with Gasteiger partial charge in [-0.15, -0.1) is 0 Å². The summed E-state index contributed by atoms with van der Waals surface area (Å²) >= 11 is 0. The van der Waals surface area contributed by atoms with Gasteiger partial charge in [-0.3, -0.25) is 14.4 Å². The Kier molecular flexibility index (Phi) is 7.86. The molecule has 0 unspecified atom stereocenters. The molecule has 0 saturated heterocycles. The molecule has 0 fully saturated rings. The zero-order chi connectivity index (χ0) is 22.1. The molecule has 3 amide bonds. The van der Waals surface area contributed by atoms with Crippen molar-refractivity contribution in [2.24, 2.45) is 5.73 Å². The van der Waals surface area contributed by atoms with Crippen molar-refractivity contribution >= 4 is 29.5 Å². The summed E-state index contributed by atoms with van der Waals surface area (Å²) in [5.74, 6) is -1.91. The van der Waals surface area contributed by atoms with Gasteiger partial charge in [-0.2, -0.15) is 8.78 Å². The minimum Gasteiger partial charge on any atom is -0.493 e. The van der Waals surface area contributed by atoms with Gasteiger partial charge in [0.25, 0.3) is 5.91 Å². The summed E-state index contributed by atoms with van der Waals surface area (Å²) in [6.45, 7) is -3.38. The maximum absolute atomic E-state index is 12.7. The van der Waals surface area contributed by atoms with Crippen LogP contribution >= 0.6 is 0 Å². The van der Waals surface area contributed by atoms with Crippen molar-refractivity contribution in [1.82, 2.24) is 5.32 Å². The topological polar surface area (TPSA) is 120 Å². The zero-order valence-electron chi connectivity index (χ0n) is 15.9. The van der Waals surface area contributed by atoms with Gasteiger partial charge in [0.2, 0.25) is 11.8 Å². The molecule has 4 N–H and O–H groups in total. The molecule has 0 saturated carbocycles. The van der Waals surface area contributed by atoms with Crippen LogP contribution in [0.5, 0.6) is 11.5 Å². The van der Waals surface area contributed by atoms with Crippen LogP contribution in [-0.4, -0.2) is 38.0 Å². The molecule has 0 atom stereocenters. The summed E-state index contributed by atoms with van der Waals surface area (Å²) in [6.07, 6.45) is 2.41. The Balaban J connectivity index is 2.11. The lowest BCUT2D eigenvalue weighted by molar-refractivity contribution is -0.117. The second-order valence-corrected chi connectivity index (χ2v) is 5.81. The van der Waals surface area contributed by atoms with Crippen LogP contribution in [0.3, 0.4) is 0 Å². The van der Waals surface area contributed by atoms with Crippen molar-refractivity contribution in [1.29, 1.82) is 0 Å².